The molecule has 0 bridgehead atoms. The zero-order valence-corrected chi connectivity index (χ0v) is 26.1. The normalized spacial score (nSPS) is 16.0. The van der Waals surface area contributed by atoms with Crippen LogP contribution in [0.15, 0.2) is 66.7 Å². The van der Waals surface area contributed by atoms with E-state index >= 15 is 0 Å². The van der Waals surface area contributed by atoms with Crippen LogP contribution in [0.1, 0.15) is 54.2 Å². The number of phenols is 1. The maximum Gasteiger partial charge on any atom is 0.408 e. The second kappa shape index (κ2) is 13.9. The van der Waals surface area contributed by atoms with E-state index in [0.717, 1.165) is 33.4 Å². The second-order valence-electron chi connectivity index (χ2n) is 12.5. The van der Waals surface area contributed by atoms with Crippen molar-refractivity contribution in [3.63, 3.8) is 0 Å². The number of aryl methyl sites for hydroxylation is 2. The first-order valence-corrected chi connectivity index (χ1v) is 15.0. The molecule has 9 heteroatoms. The number of nitrogens with one attached hydrogen (secondary N) is 2. The van der Waals surface area contributed by atoms with Crippen molar-refractivity contribution in [2.24, 2.45) is 0 Å². The Morgan fingerprint density at radius 2 is 1.57 bits per heavy atom. The summed E-state index contributed by atoms with van der Waals surface area (Å²) >= 11 is 0. The molecule has 3 amide bonds. The number of benzene rings is 3. The minimum absolute atomic E-state index is 0.0272. The molecule has 0 radical (unpaired) electrons. The van der Waals surface area contributed by atoms with Gasteiger partial charge in [0, 0.05) is 32.4 Å². The first kappa shape index (κ1) is 32.5. The number of carbonyl (C=O) groups is 3. The summed E-state index contributed by atoms with van der Waals surface area (Å²) < 4.78 is 5.50. The molecule has 1 aliphatic heterocycles. The van der Waals surface area contributed by atoms with Gasteiger partial charge in [-0.3, -0.25) is 9.59 Å². The molecule has 0 saturated heterocycles. The molecule has 1 aliphatic rings. The van der Waals surface area contributed by atoms with E-state index in [1.807, 2.05) is 68.4 Å². The van der Waals surface area contributed by atoms with Gasteiger partial charge in [-0.05, 0) is 80.1 Å². The molecule has 44 heavy (non-hydrogen) atoms. The van der Waals surface area contributed by atoms with E-state index in [1.54, 1.807) is 32.9 Å². The number of fused-ring (bicyclic) bond motifs is 1. The van der Waals surface area contributed by atoms with Gasteiger partial charge in [0.2, 0.25) is 11.8 Å². The third kappa shape index (κ3) is 8.60. The summed E-state index contributed by atoms with van der Waals surface area (Å²) in [5.74, 6) is -0.694. The molecule has 3 aromatic carbocycles. The third-order valence-electron chi connectivity index (χ3n) is 7.74. The van der Waals surface area contributed by atoms with Crippen LogP contribution in [0, 0.1) is 13.8 Å². The van der Waals surface area contributed by atoms with Gasteiger partial charge in [-0.2, -0.15) is 0 Å². The van der Waals surface area contributed by atoms with Crippen LogP contribution in [0.3, 0.4) is 0 Å². The summed E-state index contributed by atoms with van der Waals surface area (Å²) in [5, 5.41) is 26.3. The van der Waals surface area contributed by atoms with Crippen molar-refractivity contribution in [2.45, 2.75) is 84.2 Å². The fourth-order valence-corrected chi connectivity index (χ4v) is 5.63. The van der Waals surface area contributed by atoms with E-state index in [4.69, 9.17) is 4.74 Å². The van der Waals surface area contributed by atoms with Gasteiger partial charge in [0.15, 0.2) is 0 Å². The van der Waals surface area contributed by atoms with Crippen molar-refractivity contribution in [1.29, 1.82) is 0 Å². The Kier molecular flexibility index (Phi) is 10.3. The van der Waals surface area contributed by atoms with Crippen molar-refractivity contribution < 1.29 is 29.3 Å². The number of aromatic hydroxyl groups is 1. The summed E-state index contributed by atoms with van der Waals surface area (Å²) in [5.41, 5.74) is 4.40. The average molecular weight is 602 g/mol. The molecular formula is C35H43N3O6. The van der Waals surface area contributed by atoms with Crippen molar-refractivity contribution in [1.82, 2.24) is 15.5 Å². The van der Waals surface area contributed by atoms with Crippen molar-refractivity contribution in [3.8, 4) is 5.75 Å². The van der Waals surface area contributed by atoms with E-state index in [2.05, 4.69) is 10.6 Å². The summed E-state index contributed by atoms with van der Waals surface area (Å²) in [7, 11) is 0. The maximum atomic E-state index is 14.4. The van der Waals surface area contributed by atoms with Crippen LogP contribution in [0.5, 0.6) is 5.75 Å². The summed E-state index contributed by atoms with van der Waals surface area (Å²) in [6.45, 7) is 9.11. The monoisotopic (exact) mass is 601 g/mol. The van der Waals surface area contributed by atoms with Crippen LogP contribution in [0.25, 0.3) is 0 Å². The topological polar surface area (TPSA) is 128 Å². The molecule has 0 aliphatic carbocycles. The Hall–Kier alpha value is -4.37. The molecule has 3 aromatic rings. The highest BCUT2D eigenvalue weighted by atomic mass is 16.6. The third-order valence-corrected chi connectivity index (χ3v) is 7.74. The van der Waals surface area contributed by atoms with Crippen LogP contribution in [0.4, 0.5) is 4.79 Å². The quantitative estimate of drug-likeness (QED) is 0.292. The number of carbonyl (C=O) groups excluding carboxylic acids is 3. The van der Waals surface area contributed by atoms with Crippen molar-refractivity contribution >= 4 is 17.9 Å². The van der Waals surface area contributed by atoms with Gasteiger partial charge in [0.05, 0.1) is 6.10 Å². The molecule has 0 fully saturated rings. The number of hydrogen-bond acceptors (Lipinski definition) is 6. The smallest absolute Gasteiger partial charge is 0.408 e. The van der Waals surface area contributed by atoms with Crippen LogP contribution >= 0.6 is 0 Å². The highest BCUT2D eigenvalue weighted by Gasteiger charge is 2.39. The van der Waals surface area contributed by atoms with Gasteiger partial charge in [-0.15, -0.1) is 0 Å². The van der Waals surface area contributed by atoms with E-state index in [1.165, 1.54) is 4.90 Å². The van der Waals surface area contributed by atoms with Gasteiger partial charge in [-0.1, -0.05) is 54.6 Å². The van der Waals surface area contributed by atoms with Crippen LogP contribution in [-0.4, -0.2) is 63.4 Å². The zero-order chi connectivity index (χ0) is 32.0. The van der Waals surface area contributed by atoms with Gasteiger partial charge in [0.25, 0.3) is 0 Å². The van der Waals surface area contributed by atoms with Crippen molar-refractivity contribution in [2.75, 3.05) is 6.54 Å². The largest absolute Gasteiger partial charge is 0.508 e. The zero-order valence-electron chi connectivity index (χ0n) is 26.1. The molecule has 1 heterocycles. The highest BCUT2D eigenvalue weighted by Crippen LogP contribution is 2.27. The number of phenolic OH excluding ortho intramolecular Hbond substituents is 1. The number of nitrogens with zero attached hydrogens (tertiary/aromatic N) is 1. The number of amides is 3. The molecule has 0 aromatic heterocycles. The second-order valence-corrected chi connectivity index (χ2v) is 12.5. The van der Waals surface area contributed by atoms with E-state index in [9.17, 15) is 24.6 Å². The van der Waals surface area contributed by atoms with Crippen LogP contribution in [-0.2, 0) is 40.1 Å². The van der Waals surface area contributed by atoms with E-state index < -0.39 is 35.8 Å². The number of aliphatic hydroxyl groups is 1. The summed E-state index contributed by atoms with van der Waals surface area (Å²) in [4.78, 5) is 42.5. The molecule has 234 valence electrons. The first-order chi connectivity index (χ1) is 20.8. The number of ether oxygens (including phenoxy) is 1. The maximum absolute atomic E-state index is 14.4. The summed E-state index contributed by atoms with van der Waals surface area (Å²) in [6.07, 6.45) is -0.738. The van der Waals surface area contributed by atoms with Gasteiger partial charge >= 0.3 is 6.09 Å². The van der Waals surface area contributed by atoms with Crippen molar-refractivity contribution in [3.05, 3.63) is 100 Å². The number of alkyl carbamates (subject to hydrolysis) is 1. The molecular weight excluding hydrogens is 558 g/mol. The number of hydrogen-bond donors (Lipinski definition) is 4. The fourth-order valence-electron chi connectivity index (χ4n) is 5.63. The Labute approximate surface area is 259 Å². The number of aliphatic hydroxyl groups excluding tert-OH is 1. The minimum Gasteiger partial charge on any atom is -0.508 e. The van der Waals surface area contributed by atoms with Gasteiger partial charge in [-0.25, -0.2) is 4.79 Å². The molecule has 0 spiro atoms. The van der Waals surface area contributed by atoms with Gasteiger partial charge in [0.1, 0.15) is 23.4 Å². The molecule has 4 rings (SSSR count). The van der Waals surface area contributed by atoms with Gasteiger partial charge < -0.3 is 30.5 Å². The lowest BCUT2D eigenvalue weighted by Gasteiger charge is -2.38. The Balaban J connectivity index is 1.60. The molecule has 3 atom stereocenters. The lowest BCUT2D eigenvalue weighted by molar-refractivity contribution is -0.143. The molecule has 0 saturated carbocycles. The Morgan fingerprint density at radius 3 is 2.20 bits per heavy atom. The lowest BCUT2D eigenvalue weighted by atomic mass is 9.91. The summed E-state index contributed by atoms with van der Waals surface area (Å²) in [6, 6.07) is 18.5. The molecule has 9 nitrogen and oxygen atoms in total. The Bertz CT molecular complexity index is 1460. The van der Waals surface area contributed by atoms with E-state index in [0.29, 0.717) is 12.8 Å². The van der Waals surface area contributed by atoms with E-state index in [-0.39, 0.29) is 31.2 Å². The molecule has 4 N–H and O–H groups in total. The first-order valence-electron chi connectivity index (χ1n) is 15.0. The molecule has 2 unspecified atom stereocenters. The average Bonchev–Trinajstić information content (AvgIpc) is 2.95. The Morgan fingerprint density at radius 1 is 0.955 bits per heavy atom. The minimum atomic E-state index is -1.05. The standard InChI is InChI=1S/C35H43N3O6/c1-22-15-27(39)16-23(2)29(22)19-30(37-34(43)44-35(3,4)5)33(42)38-21-26-14-10-9-13-25(26)18-31(38)32(41)36-20-28(40)17-24-11-7-6-8-12-24/h6-16,28,30-31,39-40H,17-21H2,1-5H3,(H,36,41)(H,37,43)/t28?,30?,31-/m1/s1. The fraction of sp³-hybridized carbons (Fsp3) is 0.400. The van der Waals surface area contributed by atoms with Crippen LogP contribution in [0.2, 0.25) is 0 Å². The predicted octanol–water partition coefficient (Wildman–Crippen LogP) is 4.12. The number of rotatable bonds is 9. The predicted molar refractivity (Wildman–Crippen MR) is 168 cm³/mol. The lowest BCUT2D eigenvalue weighted by Crippen LogP contribution is -2.59. The van der Waals surface area contributed by atoms with Crippen LogP contribution < -0.4 is 10.6 Å². The highest BCUT2D eigenvalue weighted by molar-refractivity contribution is 5.92. The SMILES string of the molecule is Cc1cc(O)cc(C)c1CC(NC(=O)OC(C)(C)C)C(=O)N1Cc2ccccc2C[C@@H]1C(=O)NCC(O)Cc1ccccc1.